The number of carboxylic acid groups (broad SMARTS) is 2. The first kappa shape index (κ1) is 19.9. The minimum atomic E-state index is -1.23. The summed E-state index contributed by atoms with van der Waals surface area (Å²) < 4.78 is 0. The second-order valence-corrected chi connectivity index (χ2v) is 7.65. The van der Waals surface area contributed by atoms with Gasteiger partial charge < -0.3 is 15.5 Å². The van der Waals surface area contributed by atoms with Gasteiger partial charge in [0.2, 0.25) is 5.13 Å². The average molecular weight is 426 g/mol. The van der Waals surface area contributed by atoms with Crippen molar-refractivity contribution >= 4 is 57.6 Å². The molecule has 5 N–H and O–H groups in total. The summed E-state index contributed by atoms with van der Waals surface area (Å²) in [4.78, 5) is 52.2. The van der Waals surface area contributed by atoms with E-state index in [1.807, 2.05) is 5.48 Å². The van der Waals surface area contributed by atoms with Crippen molar-refractivity contribution < 1.29 is 34.6 Å². The molecule has 3 rings (SSSR count). The number of fused-ring (bicyclic) bond motifs is 1. The summed E-state index contributed by atoms with van der Waals surface area (Å²) in [5.74, 6) is -3.29. The fourth-order valence-corrected chi connectivity index (χ4v) is 4.51. The highest BCUT2D eigenvalue weighted by atomic mass is 32.2. The summed E-state index contributed by atoms with van der Waals surface area (Å²) in [6, 6.07) is -0.942. The Morgan fingerprint density at radius 3 is 2.71 bits per heavy atom. The predicted molar refractivity (Wildman–Crippen MR) is 98.5 cm³/mol. The molecule has 2 amide bonds. The van der Waals surface area contributed by atoms with Gasteiger partial charge in [0, 0.05) is 11.1 Å². The molecule has 0 aromatic carbocycles. The van der Waals surface area contributed by atoms with E-state index in [0.717, 1.165) is 22.3 Å². The van der Waals surface area contributed by atoms with Gasteiger partial charge in [-0.3, -0.25) is 24.5 Å². The van der Waals surface area contributed by atoms with Crippen molar-refractivity contribution in [3.8, 4) is 0 Å². The van der Waals surface area contributed by atoms with Crippen LogP contribution in [0.15, 0.2) is 23.2 Å². The molecule has 2 aliphatic rings. The number of hydrogen-bond acceptors (Lipinski definition) is 9. The van der Waals surface area contributed by atoms with Crippen LogP contribution in [0.2, 0.25) is 0 Å². The number of aromatic nitrogens is 1. The third-order valence-corrected chi connectivity index (χ3v) is 5.88. The van der Waals surface area contributed by atoms with E-state index in [-0.39, 0.29) is 22.1 Å². The monoisotopic (exact) mass is 426 g/mol. The highest BCUT2D eigenvalue weighted by Gasteiger charge is 2.52. The van der Waals surface area contributed by atoms with Gasteiger partial charge in [0.15, 0.2) is 0 Å². The molecule has 0 unspecified atom stereocenters. The third kappa shape index (κ3) is 3.72. The molecule has 1 aromatic rings. The van der Waals surface area contributed by atoms with Gasteiger partial charge in [-0.1, -0.05) is 6.08 Å². The molecule has 3 heterocycles. The van der Waals surface area contributed by atoms with Gasteiger partial charge in [-0.05, 0) is 6.08 Å². The van der Waals surface area contributed by atoms with Gasteiger partial charge >= 0.3 is 11.9 Å². The van der Waals surface area contributed by atoms with E-state index in [0.29, 0.717) is 5.75 Å². The first-order chi connectivity index (χ1) is 13.3. The van der Waals surface area contributed by atoms with Gasteiger partial charge in [-0.15, -0.1) is 23.1 Å². The van der Waals surface area contributed by atoms with Crippen molar-refractivity contribution in [2.75, 3.05) is 11.2 Å². The van der Waals surface area contributed by atoms with Crippen LogP contribution in [-0.2, 0) is 19.2 Å². The number of nitrogens with zero attached hydrogens (tertiary/aromatic N) is 2. The molecule has 1 aromatic heterocycles. The molecule has 1 saturated heterocycles. The predicted octanol–water partition coefficient (Wildman–Crippen LogP) is 0.171. The first-order valence-corrected chi connectivity index (χ1v) is 9.73. The smallest absolute Gasteiger partial charge is 0.352 e. The molecule has 0 bridgehead atoms. The van der Waals surface area contributed by atoms with E-state index >= 15 is 0 Å². The molecule has 2 atom stereocenters. The number of anilines is 1. The Labute approximate surface area is 165 Å². The Hall–Kier alpha value is -2.90. The van der Waals surface area contributed by atoms with E-state index in [1.54, 1.807) is 0 Å². The standard InChI is InChI=1S/C15H14N4O7S2/c20-9(21)2-1-6(7-5-28-15(16-7)18-26)11(22)17-10-12(23)19-8(14(24)25)3-4-27-13(10)19/h1,3,5,10,13,26H,2,4H2,(H,16,18)(H,17,22)(H,20,21)(H,24,25)/b6-1-/t10-,13-/m1/s1. The highest BCUT2D eigenvalue weighted by molar-refractivity contribution is 8.00. The lowest BCUT2D eigenvalue weighted by atomic mass is 10.0. The van der Waals surface area contributed by atoms with Gasteiger partial charge in [0.25, 0.3) is 11.8 Å². The van der Waals surface area contributed by atoms with Crippen LogP contribution in [0.25, 0.3) is 5.57 Å². The molecule has 2 aliphatic heterocycles. The zero-order valence-corrected chi connectivity index (χ0v) is 15.6. The first-order valence-electron chi connectivity index (χ1n) is 7.80. The molecular weight excluding hydrogens is 412 g/mol. The lowest BCUT2D eigenvalue weighted by Gasteiger charge is -2.48. The Balaban J connectivity index is 1.78. The number of rotatable bonds is 7. The van der Waals surface area contributed by atoms with E-state index in [1.165, 1.54) is 23.2 Å². The molecule has 0 saturated carbocycles. The highest BCUT2D eigenvalue weighted by Crippen LogP contribution is 2.37. The van der Waals surface area contributed by atoms with E-state index < -0.39 is 41.6 Å². The number of amides is 2. The maximum atomic E-state index is 12.7. The van der Waals surface area contributed by atoms with Gasteiger partial charge in [-0.25, -0.2) is 15.3 Å². The number of carbonyl (C=O) groups is 4. The van der Waals surface area contributed by atoms with Crippen molar-refractivity contribution in [1.29, 1.82) is 0 Å². The van der Waals surface area contributed by atoms with Crippen LogP contribution in [0, 0.1) is 0 Å². The Kier molecular flexibility index (Phi) is 5.67. The van der Waals surface area contributed by atoms with Crippen LogP contribution >= 0.6 is 23.1 Å². The summed E-state index contributed by atoms with van der Waals surface area (Å²) in [5.41, 5.74) is 1.77. The largest absolute Gasteiger partial charge is 0.481 e. The third-order valence-electron chi connectivity index (χ3n) is 3.95. The summed E-state index contributed by atoms with van der Waals surface area (Å²) in [6.45, 7) is 0. The topological polar surface area (TPSA) is 169 Å². The van der Waals surface area contributed by atoms with Crippen LogP contribution in [0.3, 0.4) is 0 Å². The van der Waals surface area contributed by atoms with Crippen LogP contribution in [0.4, 0.5) is 5.13 Å². The maximum absolute atomic E-state index is 12.7. The second kappa shape index (κ2) is 8.00. The minimum Gasteiger partial charge on any atom is -0.481 e. The van der Waals surface area contributed by atoms with Gasteiger partial charge in [0.1, 0.15) is 17.1 Å². The molecule has 1 fully saturated rings. The number of β-lactam (4-membered cyclic amide) rings is 1. The number of thiazole rings is 1. The number of hydrogen-bond donors (Lipinski definition) is 5. The van der Waals surface area contributed by atoms with E-state index in [9.17, 15) is 24.3 Å². The molecule has 28 heavy (non-hydrogen) atoms. The van der Waals surface area contributed by atoms with E-state index in [4.69, 9.17) is 10.3 Å². The van der Waals surface area contributed by atoms with Crippen LogP contribution in [-0.4, -0.2) is 66.2 Å². The molecule has 148 valence electrons. The lowest BCUT2D eigenvalue weighted by Crippen LogP contribution is -2.70. The van der Waals surface area contributed by atoms with Crippen LogP contribution in [0.5, 0.6) is 0 Å². The van der Waals surface area contributed by atoms with Crippen LogP contribution < -0.4 is 10.8 Å². The number of carboxylic acids is 2. The minimum absolute atomic E-state index is 0.0683. The molecule has 13 heteroatoms. The number of thioether (sulfide) groups is 1. The van der Waals surface area contributed by atoms with Crippen molar-refractivity contribution in [2.24, 2.45) is 0 Å². The molecule has 11 nitrogen and oxygen atoms in total. The van der Waals surface area contributed by atoms with Crippen LogP contribution in [0.1, 0.15) is 12.1 Å². The fraction of sp³-hybridized carbons (Fsp3) is 0.267. The van der Waals surface area contributed by atoms with Crippen molar-refractivity contribution in [3.63, 3.8) is 0 Å². The van der Waals surface area contributed by atoms with Crippen molar-refractivity contribution in [3.05, 3.63) is 28.9 Å². The quantitative estimate of drug-likeness (QED) is 0.230. The molecule has 0 aliphatic carbocycles. The maximum Gasteiger partial charge on any atom is 0.352 e. The zero-order chi connectivity index (χ0) is 20.4. The van der Waals surface area contributed by atoms with Gasteiger partial charge in [0.05, 0.1) is 17.7 Å². The van der Waals surface area contributed by atoms with E-state index in [2.05, 4.69) is 10.3 Å². The Morgan fingerprint density at radius 1 is 1.36 bits per heavy atom. The SMILES string of the molecule is O=C(O)C/C=C(\C(=O)N[C@@H]1C(=O)N2C(C(=O)O)=CCS[C@H]12)c1csc(NO)n1. The molecule has 0 spiro atoms. The zero-order valence-electron chi connectivity index (χ0n) is 14.0. The summed E-state index contributed by atoms with van der Waals surface area (Å²) in [5, 5.41) is 30.5. The van der Waals surface area contributed by atoms with Gasteiger partial charge in [-0.2, -0.15) is 0 Å². The summed E-state index contributed by atoms with van der Waals surface area (Å²) in [6.07, 6.45) is 2.14. The Bertz CT molecular complexity index is 910. The number of carbonyl (C=O) groups excluding carboxylic acids is 2. The molecule has 0 radical (unpaired) electrons. The normalized spacial score (nSPS) is 21.3. The Morgan fingerprint density at radius 2 is 2.11 bits per heavy atom. The summed E-state index contributed by atoms with van der Waals surface area (Å²) in [7, 11) is 0. The van der Waals surface area contributed by atoms with Crippen molar-refractivity contribution in [2.45, 2.75) is 17.8 Å². The fourth-order valence-electron chi connectivity index (χ4n) is 2.71. The number of aliphatic carboxylic acids is 2. The lowest BCUT2D eigenvalue weighted by molar-refractivity contribution is -0.150. The molecular formula is C15H14N4O7S2. The number of nitrogens with one attached hydrogen (secondary N) is 2. The average Bonchev–Trinajstić information content (AvgIpc) is 3.14. The summed E-state index contributed by atoms with van der Waals surface area (Å²) >= 11 is 2.30. The van der Waals surface area contributed by atoms with Crippen molar-refractivity contribution in [1.82, 2.24) is 15.2 Å². The second-order valence-electron chi connectivity index (χ2n) is 5.64.